The van der Waals surface area contributed by atoms with Crippen molar-refractivity contribution in [3.05, 3.63) is 98.2 Å². The van der Waals surface area contributed by atoms with Gasteiger partial charge in [0.15, 0.2) is 0 Å². The Hall–Kier alpha value is -2.53. The second kappa shape index (κ2) is 7.02. The first-order valence-corrected chi connectivity index (χ1v) is 11.3. The third-order valence-corrected chi connectivity index (χ3v) is 7.08. The predicted molar refractivity (Wildman–Crippen MR) is 124 cm³/mol. The average molecular weight is 451 g/mol. The van der Waals surface area contributed by atoms with Crippen molar-refractivity contribution in [2.45, 2.75) is 18.7 Å². The van der Waals surface area contributed by atoms with Gasteiger partial charge in [0.2, 0.25) is 6.23 Å². The first kappa shape index (κ1) is 18.3. The number of rotatable bonds is 2. The molecule has 0 saturated heterocycles. The molecular formula is C24H16Cl2N2OS. The Balaban J connectivity index is 1.47. The lowest BCUT2D eigenvalue weighted by Crippen LogP contribution is -2.33. The maximum atomic E-state index is 6.52. The average Bonchev–Trinajstić information content (AvgIpc) is 3.43. The highest BCUT2D eigenvalue weighted by molar-refractivity contribution is 7.10. The van der Waals surface area contributed by atoms with Crippen LogP contribution in [-0.2, 0) is 0 Å². The van der Waals surface area contributed by atoms with Gasteiger partial charge in [-0.25, -0.2) is 5.01 Å². The second-order valence-electron chi connectivity index (χ2n) is 7.50. The van der Waals surface area contributed by atoms with Crippen LogP contribution in [0.15, 0.2) is 77.2 Å². The summed E-state index contributed by atoms with van der Waals surface area (Å²) in [5, 5.41) is 12.7. The van der Waals surface area contributed by atoms with Gasteiger partial charge in [-0.1, -0.05) is 65.7 Å². The molecule has 1 aromatic heterocycles. The fourth-order valence-corrected chi connectivity index (χ4v) is 5.57. The van der Waals surface area contributed by atoms with Gasteiger partial charge in [0.1, 0.15) is 5.75 Å². The van der Waals surface area contributed by atoms with Crippen molar-refractivity contribution >= 4 is 51.0 Å². The highest BCUT2D eigenvalue weighted by atomic mass is 35.5. The van der Waals surface area contributed by atoms with Crippen LogP contribution in [0.25, 0.3) is 10.8 Å². The number of benzene rings is 3. The van der Waals surface area contributed by atoms with E-state index in [1.807, 2.05) is 12.1 Å². The molecule has 2 atom stereocenters. The molecule has 2 aliphatic heterocycles. The highest BCUT2D eigenvalue weighted by Crippen LogP contribution is 2.51. The molecule has 0 saturated carbocycles. The number of nitrogens with zero attached hydrogens (tertiary/aromatic N) is 2. The van der Waals surface area contributed by atoms with E-state index in [1.165, 1.54) is 10.8 Å². The van der Waals surface area contributed by atoms with Gasteiger partial charge in [-0.2, -0.15) is 5.10 Å². The molecule has 0 bridgehead atoms. The molecule has 148 valence electrons. The summed E-state index contributed by atoms with van der Waals surface area (Å²) in [6.07, 6.45) is 0.465. The smallest absolute Gasteiger partial charge is 0.223 e. The lowest BCUT2D eigenvalue weighted by Gasteiger charge is -2.38. The van der Waals surface area contributed by atoms with Crippen LogP contribution in [0, 0.1) is 0 Å². The maximum Gasteiger partial charge on any atom is 0.223 e. The van der Waals surface area contributed by atoms with E-state index in [1.54, 1.807) is 17.4 Å². The molecule has 0 N–H and O–H groups in total. The third-order valence-electron chi connectivity index (χ3n) is 5.68. The van der Waals surface area contributed by atoms with Crippen LogP contribution in [0.3, 0.4) is 0 Å². The monoisotopic (exact) mass is 450 g/mol. The number of fused-ring (bicyclic) bond motifs is 4. The Morgan fingerprint density at radius 1 is 0.967 bits per heavy atom. The van der Waals surface area contributed by atoms with Gasteiger partial charge < -0.3 is 4.74 Å². The summed E-state index contributed by atoms with van der Waals surface area (Å²) in [4.78, 5) is 1.10. The molecule has 0 fully saturated rings. The van der Waals surface area contributed by atoms with Crippen molar-refractivity contribution in [3.63, 3.8) is 0 Å². The van der Waals surface area contributed by atoms with E-state index < -0.39 is 0 Å². The highest BCUT2D eigenvalue weighted by Gasteiger charge is 2.42. The van der Waals surface area contributed by atoms with Gasteiger partial charge in [0.25, 0.3) is 0 Å². The van der Waals surface area contributed by atoms with E-state index in [0.717, 1.165) is 28.1 Å². The Morgan fingerprint density at radius 3 is 2.67 bits per heavy atom. The third kappa shape index (κ3) is 2.90. The molecular weight excluding hydrogens is 435 g/mol. The van der Waals surface area contributed by atoms with Crippen LogP contribution in [0.2, 0.25) is 10.0 Å². The van der Waals surface area contributed by atoms with Crippen LogP contribution < -0.4 is 4.74 Å². The SMILES string of the molecule is Clc1cc(Cl)c2c(c1)[C@@H]1CC(c3ccc4ccccc4c3)=NN1[C@@H](c1cccs1)O2. The quantitative estimate of drug-likeness (QED) is 0.316. The molecule has 6 rings (SSSR count). The lowest BCUT2D eigenvalue weighted by molar-refractivity contribution is -0.0165. The summed E-state index contributed by atoms with van der Waals surface area (Å²) in [5.74, 6) is 0.704. The van der Waals surface area contributed by atoms with Crippen molar-refractivity contribution < 1.29 is 4.74 Å². The molecule has 3 aromatic carbocycles. The van der Waals surface area contributed by atoms with Crippen LogP contribution in [-0.4, -0.2) is 10.7 Å². The number of hydrogen-bond donors (Lipinski definition) is 0. The zero-order valence-corrected chi connectivity index (χ0v) is 18.1. The normalized spacial score (nSPS) is 19.9. The van der Waals surface area contributed by atoms with Gasteiger partial charge in [-0.05, 0) is 46.0 Å². The summed E-state index contributed by atoms with van der Waals surface area (Å²) in [7, 11) is 0. The number of hydrazone groups is 1. The van der Waals surface area contributed by atoms with E-state index in [9.17, 15) is 0 Å². The summed E-state index contributed by atoms with van der Waals surface area (Å²) < 4.78 is 6.37. The van der Waals surface area contributed by atoms with Crippen LogP contribution in [0.5, 0.6) is 5.75 Å². The lowest BCUT2D eigenvalue weighted by atomic mass is 9.95. The van der Waals surface area contributed by atoms with Crippen molar-refractivity contribution in [2.75, 3.05) is 0 Å². The molecule has 3 heterocycles. The number of thiophene rings is 1. The minimum Gasteiger partial charge on any atom is -0.462 e. The molecule has 30 heavy (non-hydrogen) atoms. The summed E-state index contributed by atoms with van der Waals surface area (Å²) in [6, 6.07) is 22.7. The minimum absolute atomic E-state index is 0.0264. The molecule has 0 amide bonds. The second-order valence-corrected chi connectivity index (χ2v) is 9.32. The predicted octanol–water partition coefficient (Wildman–Crippen LogP) is 7.45. The van der Waals surface area contributed by atoms with Gasteiger partial charge in [0, 0.05) is 17.0 Å². The Labute approximate surface area is 188 Å². The fraction of sp³-hybridized carbons (Fsp3) is 0.125. The first-order valence-electron chi connectivity index (χ1n) is 9.71. The van der Waals surface area contributed by atoms with Gasteiger partial charge >= 0.3 is 0 Å². The zero-order chi connectivity index (χ0) is 20.2. The maximum absolute atomic E-state index is 6.52. The summed E-state index contributed by atoms with van der Waals surface area (Å²) in [5.41, 5.74) is 3.16. The Kier molecular flexibility index (Phi) is 4.27. The molecule has 0 aliphatic carbocycles. The van der Waals surface area contributed by atoms with Gasteiger partial charge in [-0.15, -0.1) is 11.3 Å². The zero-order valence-electron chi connectivity index (χ0n) is 15.8. The molecule has 0 radical (unpaired) electrons. The number of ether oxygens (including phenoxy) is 1. The molecule has 0 spiro atoms. The minimum atomic E-state index is -0.306. The van der Waals surface area contributed by atoms with E-state index >= 15 is 0 Å². The number of hydrogen-bond acceptors (Lipinski definition) is 4. The van der Waals surface area contributed by atoms with E-state index in [0.29, 0.717) is 15.8 Å². The van der Waals surface area contributed by atoms with E-state index in [-0.39, 0.29) is 12.3 Å². The fourth-order valence-electron chi connectivity index (χ4n) is 4.28. The van der Waals surface area contributed by atoms with Crippen LogP contribution in [0.4, 0.5) is 0 Å². The molecule has 4 aromatic rings. The molecule has 0 unspecified atom stereocenters. The van der Waals surface area contributed by atoms with Crippen molar-refractivity contribution in [2.24, 2.45) is 5.10 Å². The van der Waals surface area contributed by atoms with Crippen LogP contribution >= 0.6 is 34.5 Å². The standard InChI is InChI=1S/C24H16Cl2N2OS/c25-17-11-18-21-13-20(16-8-7-14-4-1-2-5-15(14)10-16)27-28(21)24(22-6-3-9-30-22)29-23(18)19(26)12-17/h1-12,21,24H,13H2/t21-,24+/m0/s1. The van der Waals surface area contributed by atoms with Crippen LogP contribution in [0.1, 0.15) is 34.7 Å². The Bertz CT molecular complexity index is 1300. The first-order chi connectivity index (χ1) is 14.7. The van der Waals surface area contributed by atoms with Crippen molar-refractivity contribution in [3.8, 4) is 5.75 Å². The summed E-state index contributed by atoms with van der Waals surface area (Å²) >= 11 is 14.5. The van der Waals surface area contributed by atoms with E-state index in [2.05, 4.69) is 58.9 Å². The number of halogens is 2. The molecule has 3 nitrogen and oxygen atoms in total. The van der Waals surface area contributed by atoms with Crippen molar-refractivity contribution in [1.82, 2.24) is 5.01 Å². The van der Waals surface area contributed by atoms with E-state index in [4.69, 9.17) is 33.0 Å². The Morgan fingerprint density at radius 2 is 1.83 bits per heavy atom. The molecule has 2 aliphatic rings. The van der Waals surface area contributed by atoms with Gasteiger partial charge in [-0.3, -0.25) is 0 Å². The summed E-state index contributed by atoms with van der Waals surface area (Å²) in [6.45, 7) is 0. The van der Waals surface area contributed by atoms with Crippen molar-refractivity contribution in [1.29, 1.82) is 0 Å². The topological polar surface area (TPSA) is 24.8 Å². The van der Waals surface area contributed by atoms with Gasteiger partial charge in [0.05, 0.1) is 21.7 Å². The molecule has 6 heteroatoms. The largest absolute Gasteiger partial charge is 0.462 e.